The molecule has 1 fully saturated rings. The lowest BCUT2D eigenvalue weighted by Crippen LogP contribution is -2.38. The van der Waals surface area contributed by atoms with Crippen molar-refractivity contribution in [1.29, 1.82) is 0 Å². The number of aryl methyl sites for hydroxylation is 2. The van der Waals surface area contributed by atoms with Gasteiger partial charge in [0.05, 0.1) is 12.3 Å². The Bertz CT molecular complexity index is 601. The minimum Gasteiger partial charge on any atom is -0.380 e. The van der Waals surface area contributed by atoms with Crippen LogP contribution < -0.4 is 5.32 Å². The molecule has 2 atom stereocenters. The van der Waals surface area contributed by atoms with Gasteiger partial charge in [-0.3, -0.25) is 0 Å². The van der Waals surface area contributed by atoms with Crippen LogP contribution in [0.15, 0.2) is 12.3 Å². The molecule has 5 nitrogen and oxygen atoms in total. The molecule has 0 aliphatic carbocycles. The highest BCUT2D eigenvalue weighted by Gasteiger charge is 2.19. The zero-order valence-corrected chi connectivity index (χ0v) is 12.4. The van der Waals surface area contributed by atoms with E-state index in [0.29, 0.717) is 6.04 Å². The summed E-state index contributed by atoms with van der Waals surface area (Å²) in [5.41, 5.74) is 4.27. The van der Waals surface area contributed by atoms with Gasteiger partial charge in [-0.05, 0) is 33.6 Å². The second-order valence-corrected chi connectivity index (χ2v) is 5.66. The third kappa shape index (κ3) is 2.55. The largest absolute Gasteiger partial charge is 0.380 e. The van der Waals surface area contributed by atoms with Crippen LogP contribution in [0, 0.1) is 13.8 Å². The normalized spacial score (nSPS) is 21.2. The highest BCUT2D eigenvalue weighted by molar-refractivity contribution is 5.42. The fourth-order valence-corrected chi connectivity index (χ4v) is 2.92. The minimum absolute atomic E-state index is 0.253. The Balaban J connectivity index is 1.83. The molecule has 3 rings (SSSR count). The monoisotopic (exact) mass is 274 g/mol. The van der Waals surface area contributed by atoms with E-state index in [1.165, 1.54) is 12.0 Å². The summed E-state index contributed by atoms with van der Waals surface area (Å²) in [6, 6.07) is 2.69. The molecule has 5 heteroatoms. The quantitative estimate of drug-likeness (QED) is 0.932. The minimum atomic E-state index is 0.253. The molecule has 0 spiro atoms. The van der Waals surface area contributed by atoms with Gasteiger partial charge in [0.2, 0.25) is 0 Å². The summed E-state index contributed by atoms with van der Waals surface area (Å²) in [4.78, 5) is 4.51. The molecule has 0 bridgehead atoms. The molecule has 3 heterocycles. The summed E-state index contributed by atoms with van der Waals surface area (Å²) in [5.74, 6) is 0. The topological polar surface area (TPSA) is 51.5 Å². The predicted octanol–water partition coefficient (Wildman–Crippen LogP) is 2.18. The molecular formula is C15H22N4O. The smallest absolute Gasteiger partial charge is 0.155 e. The van der Waals surface area contributed by atoms with E-state index in [4.69, 9.17) is 4.74 Å². The maximum absolute atomic E-state index is 5.53. The summed E-state index contributed by atoms with van der Waals surface area (Å²) < 4.78 is 7.46. The van der Waals surface area contributed by atoms with Gasteiger partial charge in [-0.1, -0.05) is 0 Å². The number of nitrogens with one attached hydrogen (secondary N) is 1. The van der Waals surface area contributed by atoms with Crippen LogP contribution in [-0.2, 0) is 4.74 Å². The number of rotatable bonds is 3. The number of aromatic nitrogens is 3. The van der Waals surface area contributed by atoms with Gasteiger partial charge in [0.25, 0.3) is 0 Å². The van der Waals surface area contributed by atoms with Crippen molar-refractivity contribution in [3.8, 4) is 0 Å². The Kier molecular flexibility index (Phi) is 3.72. The van der Waals surface area contributed by atoms with Gasteiger partial charge in [-0.2, -0.15) is 5.10 Å². The van der Waals surface area contributed by atoms with Crippen LogP contribution in [0.5, 0.6) is 0 Å². The highest BCUT2D eigenvalue weighted by Crippen LogP contribution is 2.20. The number of fused-ring (bicyclic) bond motifs is 1. The summed E-state index contributed by atoms with van der Waals surface area (Å²) in [5, 5.41) is 8.15. The van der Waals surface area contributed by atoms with Gasteiger partial charge >= 0.3 is 0 Å². The standard InChI is InChI=1S/C15H22N4O/c1-10-7-15-16-8-14(12(3)19(15)18-10)11(2)17-13-5-4-6-20-9-13/h7-8,11,13,17H,4-6,9H2,1-3H3. The third-order valence-corrected chi connectivity index (χ3v) is 4.00. The van der Waals surface area contributed by atoms with E-state index >= 15 is 0 Å². The van der Waals surface area contributed by atoms with Crippen molar-refractivity contribution in [3.05, 3.63) is 29.2 Å². The van der Waals surface area contributed by atoms with Crippen LogP contribution in [0.2, 0.25) is 0 Å². The maximum Gasteiger partial charge on any atom is 0.155 e. The Hall–Kier alpha value is -1.46. The summed E-state index contributed by atoms with van der Waals surface area (Å²) in [6.45, 7) is 7.98. The summed E-state index contributed by atoms with van der Waals surface area (Å²) >= 11 is 0. The molecule has 1 N–H and O–H groups in total. The highest BCUT2D eigenvalue weighted by atomic mass is 16.5. The van der Waals surface area contributed by atoms with Crippen LogP contribution >= 0.6 is 0 Å². The zero-order valence-electron chi connectivity index (χ0n) is 12.4. The Morgan fingerprint density at radius 2 is 2.30 bits per heavy atom. The van der Waals surface area contributed by atoms with Crippen LogP contribution in [-0.4, -0.2) is 33.9 Å². The van der Waals surface area contributed by atoms with Crippen molar-refractivity contribution < 1.29 is 4.74 Å². The molecule has 0 amide bonds. The van der Waals surface area contributed by atoms with Crippen molar-refractivity contribution >= 4 is 5.65 Å². The van der Waals surface area contributed by atoms with Gasteiger partial charge < -0.3 is 10.1 Å². The fourth-order valence-electron chi connectivity index (χ4n) is 2.92. The molecule has 0 aromatic carbocycles. The van der Waals surface area contributed by atoms with Crippen LogP contribution in [0.1, 0.15) is 42.8 Å². The Labute approximate surface area is 119 Å². The van der Waals surface area contributed by atoms with E-state index in [2.05, 4.69) is 29.2 Å². The molecule has 2 unspecified atom stereocenters. The first-order valence-corrected chi connectivity index (χ1v) is 7.31. The van der Waals surface area contributed by atoms with Crippen molar-refractivity contribution in [2.45, 2.75) is 45.7 Å². The average Bonchev–Trinajstić information content (AvgIpc) is 2.82. The van der Waals surface area contributed by atoms with Crippen molar-refractivity contribution in [2.24, 2.45) is 0 Å². The molecule has 1 aliphatic heterocycles. The second kappa shape index (κ2) is 5.50. The van der Waals surface area contributed by atoms with Gasteiger partial charge in [0.15, 0.2) is 5.65 Å². The molecule has 1 saturated heterocycles. The van der Waals surface area contributed by atoms with Crippen molar-refractivity contribution in [1.82, 2.24) is 19.9 Å². The van der Waals surface area contributed by atoms with Gasteiger partial charge in [0.1, 0.15) is 0 Å². The molecule has 1 aliphatic rings. The molecule has 0 saturated carbocycles. The molecule has 0 radical (unpaired) electrons. The van der Waals surface area contributed by atoms with E-state index in [9.17, 15) is 0 Å². The fraction of sp³-hybridized carbons (Fsp3) is 0.600. The molecule has 2 aromatic heterocycles. The number of nitrogens with zero attached hydrogens (tertiary/aromatic N) is 3. The second-order valence-electron chi connectivity index (χ2n) is 5.66. The van der Waals surface area contributed by atoms with Crippen molar-refractivity contribution in [2.75, 3.05) is 13.2 Å². The van der Waals surface area contributed by atoms with Crippen molar-refractivity contribution in [3.63, 3.8) is 0 Å². The molecular weight excluding hydrogens is 252 g/mol. The lowest BCUT2D eigenvalue weighted by Gasteiger charge is -2.27. The number of ether oxygens (including phenoxy) is 1. The van der Waals surface area contributed by atoms with E-state index in [-0.39, 0.29) is 6.04 Å². The lowest BCUT2D eigenvalue weighted by atomic mass is 10.1. The average molecular weight is 274 g/mol. The molecule has 2 aromatic rings. The van der Waals surface area contributed by atoms with Gasteiger partial charge in [0, 0.05) is 42.2 Å². The summed E-state index contributed by atoms with van der Waals surface area (Å²) in [7, 11) is 0. The Morgan fingerprint density at radius 3 is 3.05 bits per heavy atom. The lowest BCUT2D eigenvalue weighted by molar-refractivity contribution is 0.0670. The maximum atomic E-state index is 5.53. The van der Waals surface area contributed by atoms with E-state index in [0.717, 1.165) is 36.7 Å². The number of hydrogen-bond donors (Lipinski definition) is 1. The van der Waals surface area contributed by atoms with E-state index in [1.54, 1.807) is 0 Å². The summed E-state index contributed by atoms with van der Waals surface area (Å²) in [6.07, 6.45) is 4.28. The predicted molar refractivity (Wildman–Crippen MR) is 77.9 cm³/mol. The first-order valence-electron chi connectivity index (χ1n) is 7.31. The SMILES string of the molecule is Cc1cc2ncc(C(C)NC3CCCOC3)c(C)n2n1. The molecule has 108 valence electrons. The van der Waals surface area contributed by atoms with Crippen LogP contribution in [0.4, 0.5) is 0 Å². The first-order chi connectivity index (χ1) is 9.65. The van der Waals surface area contributed by atoms with Gasteiger partial charge in [-0.25, -0.2) is 9.50 Å². The van der Waals surface area contributed by atoms with E-state index in [1.807, 2.05) is 23.7 Å². The van der Waals surface area contributed by atoms with Crippen LogP contribution in [0.3, 0.4) is 0 Å². The van der Waals surface area contributed by atoms with Gasteiger partial charge in [-0.15, -0.1) is 0 Å². The molecule has 20 heavy (non-hydrogen) atoms. The number of hydrogen-bond acceptors (Lipinski definition) is 4. The Morgan fingerprint density at radius 1 is 1.45 bits per heavy atom. The first kappa shape index (κ1) is 13.5. The van der Waals surface area contributed by atoms with E-state index < -0.39 is 0 Å². The van der Waals surface area contributed by atoms with Crippen LogP contribution in [0.25, 0.3) is 5.65 Å². The zero-order chi connectivity index (χ0) is 14.1. The third-order valence-electron chi connectivity index (χ3n) is 4.00.